The Morgan fingerprint density at radius 2 is 0.682 bits per heavy atom. The van der Waals surface area contributed by atoms with E-state index in [0.29, 0.717) is 0 Å². The standard InChI is InChI=1S/C64H43NS/c1-2-15-49(16-3-1)55-18-6-7-19-56(55)57-20-8-9-21-58(57)59-22-10-12-24-62(59)65(54-39-34-48(35-40-54)52-36-41-61-60-23-11-13-25-63(60)66-64(61)43-52)53-37-32-46(33-38-53)45-26-28-47(29-27-45)51-31-30-44-14-4-5-17-50(44)42-51/h1-43H. The Hall–Kier alpha value is -8.30. The topological polar surface area (TPSA) is 3.24 Å². The van der Waals surface area contributed by atoms with Crippen LogP contribution in [0.15, 0.2) is 261 Å². The Morgan fingerprint density at radius 1 is 0.242 bits per heavy atom. The van der Waals surface area contributed by atoms with Crippen LogP contribution in [-0.4, -0.2) is 0 Å². The van der Waals surface area contributed by atoms with Crippen LogP contribution in [0.1, 0.15) is 0 Å². The van der Waals surface area contributed by atoms with Gasteiger partial charge in [-0.25, -0.2) is 0 Å². The zero-order chi connectivity index (χ0) is 43.8. The van der Waals surface area contributed by atoms with Crippen LogP contribution in [0, 0.1) is 0 Å². The van der Waals surface area contributed by atoms with Gasteiger partial charge in [0.05, 0.1) is 5.69 Å². The van der Waals surface area contributed by atoms with Gasteiger partial charge in [0.15, 0.2) is 0 Å². The van der Waals surface area contributed by atoms with Crippen molar-refractivity contribution in [3.63, 3.8) is 0 Å². The first kappa shape index (κ1) is 39.3. The molecule has 0 spiro atoms. The minimum absolute atomic E-state index is 1.08. The van der Waals surface area contributed by atoms with Crippen molar-refractivity contribution in [2.24, 2.45) is 0 Å². The number of nitrogens with zero attached hydrogens (tertiary/aromatic N) is 1. The third kappa shape index (κ3) is 7.34. The largest absolute Gasteiger partial charge is 0.310 e. The Kier molecular flexibility index (Phi) is 10.1. The average Bonchev–Trinajstić information content (AvgIpc) is 3.78. The molecule has 11 aromatic carbocycles. The summed E-state index contributed by atoms with van der Waals surface area (Å²) in [5.41, 5.74) is 17.6. The summed E-state index contributed by atoms with van der Waals surface area (Å²) in [6, 6.07) is 95.1. The number of hydrogen-bond acceptors (Lipinski definition) is 2. The number of benzene rings is 11. The van der Waals surface area contributed by atoms with Gasteiger partial charge in [-0.2, -0.15) is 0 Å². The maximum absolute atomic E-state index is 2.42. The third-order valence-electron chi connectivity index (χ3n) is 12.9. The molecule has 0 N–H and O–H groups in total. The quantitative estimate of drug-likeness (QED) is 0.140. The summed E-state index contributed by atoms with van der Waals surface area (Å²) >= 11 is 1.86. The fourth-order valence-electron chi connectivity index (χ4n) is 9.60. The van der Waals surface area contributed by atoms with E-state index in [2.05, 4.69) is 266 Å². The molecule has 0 fully saturated rings. The molecule has 0 atom stereocenters. The third-order valence-corrected chi connectivity index (χ3v) is 14.1. The highest BCUT2D eigenvalue weighted by molar-refractivity contribution is 7.25. The van der Waals surface area contributed by atoms with Crippen molar-refractivity contribution in [1.82, 2.24) is 0 Å². The Balaban J connectivity index is 0.947. The summed E-state index contributed by atoms with van der Waals surface area (Å²) in [6.45, 7) is 0. The minimum Gasteiger partial charge on any atom is -0.310 e. The monoisotopic (exact) mass is 857 g/mol. The zero-order valence-electron chi connectivity index (χ0n) is 36.2. The van der Waals surface area contributed by atoms with Gasteiger partial charge in [-0.15, -0.1) is 11.3 Å². The molecule has 0 amide bonds. The molecule has 66 heavy (non-hydrogen) atoms. The number of fused-ring (bicyclic) bond motifs is 4. The van der Waals surface area contributed by atoms with Gasteiger partial charge in [0.1, 0.15) is 0 Å². The van der Waals surface area contributed by atoms with Crippen molar-refractivity contribution in [2.45, 2.75) is 0 Å². The van der Waals surface area contributed by atoms with Gasteiger partial charge in [0, 0.05) is 37.1 Å². The molecule has 0 unspecified atom stereocenters. The van der Waals surface area contributed by atoms with Crippen LogP contribution in [0.5, 0.6) is 0 Å². The zero-order valence-corrected chi connectivity index (χ0v) is 37.0. The number of hydrogen-bond donors (Lipinski definition) is 0. The second-order valence-corrected chi connectivity index (χ2v) is 17.9. The van der Waals surface area contributed by atoms with E-state index in [-0.39, 0.29) is 0 Å². The SMILES string of the molecule is c1ccc(-c2ccccc2-c2ccccc2-c2ccccc2N(c2ccc(-c3ccc(-c4ccc5ccccc5c4)cc3)cc2)c2ccc(-c3ccc4c(c3)sc3ccccc34)cc2)cc1. The van der Waals surface area contributed by atoms with E-state index in [9.17, 15) is 0 Å². The molecular weight excluding hydrogens is 815 g/mol. The molecule has 0 bridgehead atoms. The highest BCUT2D eigenvalue weighted by Gasteiger charge is 2.21. The molecule has 1 heterocycles. The lowest BCUT2D eigenvalue weighted by atomic mass is 9.88. The van der Waals surface area contributed by atoms with Gasteiger partial charge < -0.3 is 4.90 Å². The second kappa shape index (κ2) is 17.0. The van der Waals surface area contributed by atoms with E-state index in [4.69, 9.17) is 0 Å². The second-order valence-electron chi connectivity index (χ2n) is 16.9. The van der Waals surface area contributed by atoms with Crippen molar-refractivity contribution in [1.29, 1.82) is 0 Å². The smallest absolute Gasteiger partial charge is 0.0540 e. The summed E-state index contributed by atoms with van der Waals surface area (Å²) < 4.78 is 2.63. The predicted molar refractivity (Wildman–Crippen MR) is 284 cm³/mol. The normalized spacial score (nSPS) is 11.3. The maximum Gasteiger partial charge on any atom is 0.0540 e. The fourth-order valence-corrected chi connectivity index (χ4v) is 10.7. The van der Waals surface area contributed by atoms with Gasteiger partial charge in [-0.05, 0) is 121 Å². The molecule has 2 heteroatoms. The van der Waals surface area contributed by atoms with Crippen LogP contribution < -0.4 is 4.90 Å². The van der Waals surface area contributed by atoms with Crippen molar-refractivity contribution in [3.8, 4) is 66.8 Å². The maximum atomic E-state index is 2.42. The number of rotatable bonds is 9. The van der Waals surface area contributed by atoms with Crippen LogP contribution >= 0.6 is 11.3 Å². The van der Waals surface area contributed by atoms with E-state index < -0.39 is 0 Å². The summed E-state index contributed by atoms with van der Waals surface area (Å²) in [4.78, 5) is 2.42. The molecule has 310 valence electrons. The van der Waals surface area contributed by atoms with E-state index >= 15 is 0 Å². The lowest BCUT2D eigenvalue weighted by molar-refractivity contribution is 1.28. The summed E-state index contributed by atoms with van der Waals surface area (Å²) in [5.74, 6) is 0. The van der Waals surface area contributed by atoms with E-state index in [1.165, 1.54) is 92.1 Å². The first-order valence-corrected chi connectivity index (χ1v) is 23.4. The molecule has 0 aliphatic heterocycles. The minimum atomic E-state index is 1.08. The number of anilines is 3. The van der Waals surface area contributed by atoms with Crippen LogP contribution in [-0.2, 0) is 0 Å². The molecule has 0 radical (unpaired) electrons. The van der Waals surface area contributed by atoms with Crippen molar-refractivity contribution < 1.29 is 0 Å². The molecule has 0 aliphatic carbocycles. The molecule has 0 saturated heterocycles. The van der Waals surface area contributed by atoms with Crippen molar-refractivity contribution in [3.05, 3.63) is 261 Å². The lowest BCUT2D eigenvalue weighted by Crippen LogP contribution is -2.11. The number of para-hydroxylation sites is 1. The Labute approximate surface area is 389 Å². The van der Waals surface area contributed by atoms with Crippen LogP contribution in [0.25, 0.3) is 97.7 Å². The molecule has 0 aliphatic rings. The van der Waals surface area contributed by atoms with Crippen LogP contribution in [0.4, 0.5) is 17.1 Å². The van der Waals surface area contributed by atoms with E-state index in [0.717, 1.165) is 22.6 Å². The van der Waals surface area contributed by atoms with Gasteiger partial charge in [0.2, 0.25) is 0 Å². The fraction of sp³-hybridized carbons (Fsp3) is 0. The lowest BCUT2D eigenvalue weighted by Gasteiger charge is -2.29. The van der Waals surface area contributed by atoms with Crippen LogP contribution in [0.2, 0.25) is 0 Å². The molecule has 1 aromatic heterocycles. The van der Waals surface area contributed by atoms with Crippen LogP contribution in [0.3, 0.4) is 0 Å². The predicted octanol–water partition coefficient (Wildman–Crippen LogP) is 18.7. The molecular formula is C64H43NS. The molecule has 1 nitrogen and oxygen atoms in total. The highest BCUT2D eigenvalue weighted by Crippen LogP contribution is 2.46. The Morgan fingerprint density at radius 3 is 1.36 bits per heavy atom. The average molecular weight is 858 g/mol. The van der Waals surface area contributed by atoms with Crippen molar-refractivity contribution >= 4 is 59.3 Å². The van der Waals surface area contributed by atoms with Gasteiger partial charge in [-0.1, -0.05) is 212 Å². The van der Waals surface area contributed by atoms with Gasteiger partial charge in [-0.3, -0.25) is 0 Å². The first-order valence-electron chi connectivity index (χ1n) is 22.6. The van der Waals surface area contributed by atoms with Gasteiger partial charge >= 0.3 is 0 Å². The van der Waals surface area contributed by atoms with Crippen molar-refractivity contribution in [2.75, 3.05) is 4.90 Å². The van der Waals surface area contributed by atoms with Gasteiger partial charge in [0.25, 0.3) is 0 Å². The summed E-state index contributed by atoms with van der Waals surface area (Å²) in [5, 5.41) is 5.15. The molecule has 12 rings (SSSR count). The molecule has 0 saturated carbocycles. The van der Waals surface area contributed by atoms with E-state index in [1.54, 1.807) is 0 Å². The first-order chi connectivity index (χ1) is 32.7. The Bertz CT molecular complexity index is 3680. The summed E-state index contributed by atoms with van der Waals surface area (Å²) in [7, 11) is 0. The van der Waals surface area contributed by atoms with E-state index in [1.807, 2.05) is 11.3 Å². The molecule has 12 aromatic rings. The number of thiophene rings is 1. The highest BCUT2D eigenvalue weighted by atomic mass is 32.1. The summed E-state index contributed by atoms with van der Waals surface area (Å²) in [6.07, 6.45) is 0.